The van der Waals surface area contributed by atoms with E-state index in [1.807, 2.05) is 37.0 Å². The maximum Gasteiger partial charge on any atom is 0.0644 e. The number of likely N-dealkylation sites (N-methyl/N-ethyl adjacent to an activating group) is 1. The van der Waals surface area contributed by atoms with E-state index in [0.29, 0.717) is 0 Å². The predicted octanol–water partition coefficient (Wildman–Crippen LogP) is 3.19. The maximum absolute atomic E-state index is 6.25. The molecule has 0 radical (unpaired) electrons. The Balaban J connectivity index is 2.33. The molecule has 0 spiro atoms. The van der Waals surface area contributed by atoms with Crippen molar-refractivity contribution in [3.05, 3.63) is 51.8 Å². The molecule has 102 valence electrons. The van der Waals surface area contributed by atoms with Gasteiger partial charge in [0.15, 0.2) is 0 Å². The maximum atomic E-state index is 6.25. The van der Waals surface area contributed by atoms with Gasteiger partial charge in [0.05, 0.1) is 5.69 Å². The fourth-order valence-electron chi connectivity index (χ4n) is 2.53. The number of aromatic nitrogens is 2. The van der Waals surface area contributed by atoms with Gasteiger partial charge in [-0.25, -0.2) is 0 Å². The summed E-state index contributed by atoms with van der Waals surface area (Å²) in [4.78, 5) is 0. The smallest absolute Gasteiger partial charge is 0.0644 e. The summed E-state index contributed by atoms with van der Waals surface area (Å²) in [5.41, 5.74) is 4.70. The number of rotatable bonds is 4. The number of aryl methyl sites for hydroxylation is 2. The summed E-state index contributed by atoms with van der Waals surface area (Å²) in [7, 11) is 3.96. The van der Waals surface area contributed by atoms with Crippen LogP contribution in [0.15, 0.2) is 24.3 Å². The molecule has 0 amide bonds. The van der Waals surface area contributed by atoms with Gasteiger partial charge in [0.1, 0.15) is 0 Å². The van der Waals surface area contributed by atoms with Crippen molar-refractivity contribution in [2.75, 3.05) is 7.05 Å². The molecule has 1 heterocycles. The van der Waals surface area contributed by atoms with Gasteiger partial charge < -0.3 is 5.32 Å². The van der Waals surface area contributed by atoms with Crippen molar-refractivity contribution < 1.29 is 0 Å². The van der Waals surface area contributed by atoms with E-state index >= 15 is 0 Å². The first-order chi connectivity index (χ1) is 9.04. The van der Waals surface area contributed by atoms with E-state index in [9.17, 15) is 0 Å². The highest BCUT2D eigenvalue weighted by atomic mass is 35.5. The highest BCUT2D eigenvalue weighted by Gasteiger charge is 2.19. The Bertz CT molecular complexity index is 575. The molecule has 1 N–H and O–H groups in total. The summed E-state index contributed by atoms with van der Waals surface area (Å²) in [5, 5.41) is 8.69. The molecule has 1 atom stereocenters. The second kappa shape index (κ2) is 5.76. The van der Waals surface area contributed by atoms with Gasteiger partial charge >= 0.3 is 0 Å². The molecular weight excluding hydrogens is 258 g/mol. The summed E-state index contributed by atoms with van der Waals surface area (Å²) in [6.45, 7) is 4.16. The van der Waals surface area contributed by atoms with Gasteiger partial charge in [-0.1, -0.05) is 29.8 Å². The van der Waals surface area contributed by atoms with E-state index in [4.69, 9.17) is 11.6 Å². The Morgan fingerprint density at radius 3 is 2.53 bits per heavy atom. The van der Waals surface area contributed by atoms with Gasteiger partial charge in [-0.05, 0) is 38.9 Å². The molecule has 0 saturated carbocycles. The van der Waals surface area contributed by atoms with E-state index in [1.165, 1.54) is 11.3 Å². The molecule has 0 fully saturated rings. The molecule has 3 nitrogen and oxygen atoms in total. The molecular formula is C15H20ClN3. The van der Waals surface area contributed by atoms with Crippen LogP contribution in [0.1, 0.15) is 28.6 Å². The summed E-state index contributed by atoms with van der Waals surface area (Å²) < 4.78 is 1.93. The quantitative estimate of drug-likeness (QED) is 0.930. The highest BCUT2D eigenvalue weighted by Crippen LogP contribution is 2.27. The lowest BCUT2D eigenvalue weighted by atomic mass is 9.97. The fraction of sp³-hybridized carbons (Fsp3) is 0.400. The van der Waals surface area contributed by atoms with Crippen molar-refractivity contribution in [3.8, 4) is 0 Å². The van der Waals surface area contributed by atoms with Crippen LogP contribution in [0.3, 0.4) is 0 Å². The molecule has 0 aliphatic carbocycles. The summed E-state index contributed by atoms with van der Waals surface area (Å²) in [6, 6.07) is 8.23. The van der Waals surface area contributed by atoms with Crippen LogP contribution in [0, 0.1) is 13.8 Å². The van der Waals surface area contributed by atoms with Crippen molar-refractivity contribution in [1.29, 1.82) is 0 Å². The van der Waals surface area contributed by atoms with Crippen molar-refractivity contribution in [1.82, 2.24) is 15.1 Å². The number of nitrogens with zero attached hydrogens (tertiary/aromatic N) is 2. The van der Waals surface area contributed by atoms with E-state index in [-0.39, 0.29) is 6.04 Å². The molecule has 0 aliphatic rings. The van der Waals surface area contributed by atoms with E-state index in [0.717, 1.165) is 22.7 Å². The molecule has 2 rings (SSSR count). The Kier molecular flexibility index (Phi) is 4.27. The van der Waals surface area contributed by atoms with Crippen molar-refractivity contribution >= 4 is 11.6 Å². The molecule has 0 bridgehead atoms. The van der Waals surface area contributed by atoms with Crippen LogP contribution in [0.25, 0.3) is 0 Å². The second-order valence-electron chi connectivity index (χ2n) is 4.84. The number of halogens is 1. The minimum Gasteiger partial charge on any atom is -0.313 e. The van der Waals surface area contributed by atoms with Crippen LogP contribution in [0.2, 0.25) is 5.02 Å². The van der Waals surface area contributed by atoms with Crippen LogP contribution < -0.4 is 5.32 Å². The highest BCUT2D eigenvalue weighted by molar-refractivity contribution is 6.31. The van der Waals surface area contributed by atoms with Crippen LogP contribution in [0.4, 0.5) is 0 Å². The first-order valence-electron chi connectivity index (χ1n) is 6.45. The third kappa shape index (κ3) is 2.82. The van der Waals surface area contributed by atoms with Gasteiger partial charge in [-0.3, -0.25) is 4.68 Å². The molecule has 1 aromatic heterocycles. The Morgan fingerprint density at radius 2 is 2.00 bits per heavy atom. The van der Waals surface area contributed by atoms with E-state index in [2.05, 4.69) is 30.3 Å². The Hall–Kier alpha value is -1.32. The molecule has 0 saturated heterocycles. The largest absolute Gasteiger partial charge is 0.313 e. The van der Waals surface area contributed by atoms with Crippen molar-refractivity contribution in [2.24, 2.45) is 7.05 Å². The molecule has 1 aromatic carbocycles. The number of hydrogen-bond acceptors (Lipinski definition) is 2. The zero-order valence-corrected chi connectivity index (χ0v) is 12.6. The van der Waals surface area contributed by atoms with E-state index in [1.54, 1.807) is 0 Å². The SMILES string of the molecule is CNC(Cc1ccccc1Cl)c1c(C)nn(C)c1C. The standard InChI is InChI=1S/C15H20ClN3/c1-10-15(11(2)19(4)18-10)14(17-3)9-12-7-5-6-8-13(12)16/h5-8,14,17H,9H2,1-4H3. The van der Waals surface area contributed by atoms with Gasteiger partial charge in [-0.2, -0.15) is 5.10 Å². The van der Waals surface area contributed by atoms with Crippen LogP contribution in [0.5, 0.6) is 0 Å². The summed E-state index contributed by atoms with van der Waals surface area (Å²) in [6.07, 6.45) is 0.865. The molecule has 1 unspecified atom stereocenters. The van der Waals surface area contributed by atoms with Gasteiger partial charge in [-0.15, -0.1) is 0 Å². The predicted molar refractivity (Wildman–Crippen MR) is 79.6 cm³/mol. The first kappa shape index (κ1) is 14.1. The molecule has 2 aromatic rings. The number of nitrogens with one attached hydrogen (secondary N) is 1. The van der Waals surface area contributed by atoms with Gasteiger partial charge in [0.2, 0.25) is 0 Å². The number of benzene rings is 1. The normalized spacial score (nSPS) is 12.7. The Labute approximate surface area is 119 Å². The van der Waals surface area contributed by atoms with Crippen LogP contribution >= 0.6 is 11.6 Å². The third-order valence-electron chi connectivity index (χ3n) is 3.64. The Morgan fingerprint density at radius 1 is 1.32 bits per heavy atom. The van der Waals surface area contributed by atoms with Crippen molar-refractivity contribution in [2.45, 2.75) is 26.3 Å². The van der Waals surface area contributed by atoms with Gasteiger partial charge in [0.25, 0.3) is 0 Å². The molecule has 4 heteroatoms. The zero-order chi connectivity index (χ0) is 14.0. The first-order valence-corrected chi connectivity index (χ1v) is 6.83. The number of hydrogen-bond donors (Lipinski definition) is 1. The van der Waals surface area contributed by atoms with Crippen LogP contribution in [-0.4, -0.2) is 16.8 Å². The van der Waals surface area contributed by atoms with Gasteiger partial charge in [0, 0.05) is 29.4 Å². The summed E-state index contributed by atoms with van der Waals surface area (Å²) >= 11 is 6.25. The lowest BCUT2D eigenvalue weighted by Crippen LogP contribution is -2.20. The lowest BCUT2D eigenvalue weighted by Gasteiger charge is -2.18. The van der Waals surface area contributed by atoms with Crippen LogP contribution in [-0.2, 0) is 13.5 Å². The third-order valence-corrected chi connectivity index (χ3v) is 4.01. The zero-order valence-electron chi connectivity index (χ0n) is 11.9. The topological polar surface area (TPSA) is 29.9 Å². The summed E-state index contributed by atoms with van der Waals surface area (Å²) in [5.74, 6) is 0. The average Bonchev–Trinajstić information content (AvgIpc) is 2.63. The lowest BCUT2D eigenvalue weighted by molar-refractivity contribution is 0.584. The fourth-order valence-corrected chi connectivity index (χ4v) is 2.74. The molecule has 0 aliphatic heterocycles. The second-order valence-corrected chi connectivity index (χ2v) is 5.25. The molecule has 19 heavy (non-hydrogen) atoms. The minimum atomic E-state index is 0.230. The average molecular weight is 278 g/mol. The minimum absolute atomic E-state index is 0.230. The monoisotopic (exact) mass is 277 g/mol. The van der Waals surface area contributed by atoms with E-state index < -0.39 is 0 Å². The van der Waals surface area contributed by atoms with Crippen molar-refractivity contribution in [3.63, 3.8) is 0 Å².